The fourth-order valence-corrected chi connectivity index (χ4v) is 3.44. The summed E-state index contributed by atoms with van der Waals surface area (Å²) in [5.74, 6) is 0.404. The SMILES string of the molecule is CCNC(=NCc1nc(C(F)(F)F)cs1)NCC(C)(O)c1ccsc1.I. The third kappa shape index (κ3) is 6.67. The molecule has 2 rings (SSSR count). The number of aliphatic imine (C=N–C) groups is 1. The van der Waals surface area contributed by atoms with E-state index in [1.54, 1.807) is 6.92 Å². The molecule has 146 valence electrons. The standard InChI is InChI=1S/C15H19F3N4OS2.HI/c1-3-19-13(21-9-14(2,23)10-4-5-24-7-10)20-6-12-22-11(8-25-12)15(16,17)18;/h4-5,7-8,23H,3,6,9H2,1-2H3,(H2,19,20,21);1H. The normalized spacial score (nSPS) is 14.5. The van der Waals surface area contributed by atoms with Crippen molar-refractivity contribution in [3.63, 3.8) is 0 Å². The van der Waals surface area contributed by atoms with E-state index in [1.807, 2.05) is 23.8 Å². The molecule has 0 aliphatic heterocycles. The number of halogens is 4. The number of hydrogen-bond donors (Lipinski definition) is 3. The maximum Gasteiger partial charge on any atom is 0.434 e. The summed E-state index contributed by atoms with van der Waals surface area (Å²) in [6, 6.07) is 1.84. The number of aromatic nitrogens is 1. The Bertz CT molecular complexity index is 702. The minimum atomic E-state index is -4.44. The summed E-state index contributed by atoms with van der Waals surface area (Å²) in [6.45, 7) is 4.37. The van der Waals surface area contributed by atoms with E-state index < -0.39 is 17.5 Å². The summed E-state index contributed by atoms with van der Waals surface area (Å²) in [5, 5.41) is 21.5. The van der Waals surface area contributed by atoms with Gasteiger partial charge in [0.15, 0.2) is 11.7 Å². The lowest BCUT2D eigenvalue weighted by Crippen LogP contribution is -2.44. The number of thiazole rings is 1. The maximum absolute atomic E-state index is 12.6. The molecule has 0 amide bonds. The number of guanidine groups is 1. The highest BCUT2D eigenvalue weighted by molar-refractivity contribution is 14.0. The molecule has 0 aliphatic carbocycles. The fourth-order valence-electron chi connectivity index (χ4n) is 1.93. The first-order valence-corrected chi connectivity index (χ1v) is 9.33. The number of nitrogens with zero attached hydrogens (tertiary/aromatic N) is 2. The molecule has 3 N–H and O–H groups in total. The lowest BCUT2D eigenvalue weighted by Gasteiger charge is -2.24. The smallest absolute Gasteiger partial charge is 0.384 e. The highest BCUT2D eigenvalue weighted by atomic mass is 127. The molecule has 1 unspecified atom stereocenters. The van der Waals surface area contributed by atoms with Crippen LogP contribution in [-0.4, -0.2) is 29.1 Å². The van der Waals surface area contributed by atoms with E-state index in [9.17, 15) is 18.3 Å². The molecule has 0 saturated heterocycles. The van der Waals surface area contributed by atoms with Crippen molar-refractivity contribution in [2.24, 2.45) is 4.99 Å². The van der Waals surface area contributed by atoms with Crippen LogP contribution < -0.4 is 10.6 Å². The van der Waals surface area contributed by atoms with Gasteiger partial charge in [0.2, 0.25) is 0 Å². The third-order valence-electron chi connectivity index (χ3n) is 3.30. The van der Waals surface area contributed by atoms with Crippen molar-refractivity contribution in [1.29, 1.82) is 0 Å². The molecular weight excluding hydrogens is 500 g/mol. The van der Waals surface area contributed by atoms with Gasteiger partial charge < -0.3 is 15.7 Å². The second-order valence-corrected chi connectivity index (χ2v) is 7.18. The monoisotopic (exact) mass is 520 g/mol. The average molecular weight is 520 g/mol. The Morgan fingerprint density at radius 1 is 1.31 bits per heavy atom. The van der Waals surface area contributed by atoms with Crippen molar-refractivity contribution >= 4 is 52.6 Å². The van der Waals surface area contributed by atoms with Crippen LogP contribution in [-0.2, 0) is 18.3 Å². The van der Waals surface area contributed by atoms with Gasteiger partial charge in [-0.2, -0.15) is 24.5 Å². The first-order valence-electron chi connectivity index (χ1n) is 7.51. The second-order valence-electron chi connectivity index (χ2n) is 5.46. The summed E-state index contributed by atoms with van der Waals surface area (Å²) < 4.78 is 37.7. The van der Waals surface area contributed by atoms with Gasteiger partial charge in [0.05, 0.1) is 13.1 Å². The minimum Gasteiger partial charge on any atom is -0.384 e. The molecule has 1 atom stereocenters. The van der Waals surface area contributed by atoms with Crippen molar-refractivity contribution in [2.75, 3.05) is 13.1 Å². The first kappa shape index (κ1) is 23.1. The summed E-state index contributed by atoms with van der Waals surface area (Å²) in [6.07, 6.45) is -4.44. The van der Waals surface area contributed by atoms with Gasteiger partial charge in [-0.15, -0.1) is 35.3 Å². The zero-order valence-electron chi connectivity index (χ0n) is 14.1. The largest absolute Gasteiger partial charge is 0.434 e. The lowest BCUT2D eigenvalue weighted by atomic mass is 9.99. The zero-order chi connectivity index (χ0) is 18.5. The Hall–Kier alpha value is -0.920. The van der Waals surface area contributed by atoms with E-state index >= 15 is 0 Å². The van der Waals surface area contributed by atoms with Crippen LogP contribution in [0.25, 0.3) is 0 Å². The van der Waals surface area contributed by atoms with Crippen LogP contribution in [0.1, 0.15) is 30.1 Å². The maximum atomic E-state index is 12.6. The van der Waals surface area contributed by atoms with E-state index in [0.29, 0.717) is 12.5 Å². The first-order chi connectivity index (χ1) is 11.7. The van der Waals surface area contributed by atoms with Gasteiger partial charge in [0.25, 0.3) is 0 Å². The number of nitrogens with one attached hydrogen (secondary N) is 2. The van der Waals surface area contributed by atoms with Crippen molar-refractivity contribution < 1.29 is 18.3 Å². The predicted octanol–water partition coefficient (Wildman–Crippen LogP) is 3.80. The third-order valence-corrected chi connectivity index (χ3v) is 4.82. The Labute approximate surface area is 174 Å². The topological polar surface area (TPSA) is 69.5 Å². The number of hydrogen-bond acceptors (Lipinski definition) is 5. The predicted molar refractivity (Wildman–Crippen MR) is 109 cm³/mol. The Morgan fingerprint density at radius 2 is 2.04 bits per heavy atom. The number of thiophene rings is 1. The number of alkyl halides is 3. The number of aliphatic hydroxyl groups is 1. The van der Waals surface area contributed by atoms with Gasteiger partial charge in [-0.25, -0.2) is 9.98 Å². The minimum absolute atomic E-state index is 0. The molecule has 0 saturated carbocycles. The van der Waals surface area contributed by atoms with Crippen LogP contribution in [0, 0.1) is 0 Å². The second kappa shape index (κ2) is 9.85. The molecule has 0 fully saturated rings. The van der Waals surface area contributed by atoms with E-state index in [-0.39, 0.29) is 42.1 Å². The molecule has 0 radical (unpaired) electrons. The van der Waals surface area contributed by atoms with Crippen LogP contribution in [0.2, 0.25) is 0 Å². The molecule has 11 heteroatoms. The van der Waals surface area contributed by atoms with E-state index in [0.717, 1.165) is 22.3 Å². The highest BCUT2D eigenvalue weighted by Gasteiger charge is 2.33. The Kier molecular flexibility index (Phi) is 8.76. The van der Waals surface area contributed by atoms with Gasteiger partial charge in [0, 0.05) is 11.9 Å². The Morgan fingerprint density at radius 3 is 2.58 bits per heavy atom. The van der Waals surface area contributed by atoms with Gasteiger partial charge in [-0.05, 0) is 36.2 Å². The molecule has 5 nitrogen and oxygen atoms in total. The van der Waals surface area contributed by atoms with E-state index in [4.69, 9.17) is 0 Å². The summed E-state index contributed by atoms with van der Waals surface area (Å²) >= 11 is 2.41. The van der Waals surface area contributed by atoms with Gasteiger partial charge >= 0.3 is 6.18 Å². The van der Waals surface area contributed by atoms with Gasteiger partial charge in [0.1, 0.15) is 10.6 Å². The molecule has 2 aromatic rings. The summed E-state index contributed by atoms with van der Waals surface area (Å²) in [5.41, 5.74) is -1.20. The molecule has 0 aliphatic rings. The molecule has 2 heterocycles. The van der Waals surface area contributed by atoms with Crippen molar-refractivity contribution in [3.8, 4) is 0 Å². The zero-order valence-corrected chi connectivity index (χ0v) is 18.1. The molecule has 0 bridgehead atoms. The molecule has 2 aromatic heterocycles. The average Bonchev–Trinajstić information content (AvgIpc) is 3.20. The van der Waals surface area contributed by atoms with E-state index in [2.05, 4.69) is 20.6 Å². The van der Waals surface area contributed by atoms with Gasteiger partial charge in [-0.1, -0.05) is 0 Å². The van der Waals surface area contributed by atoms with E-state index in [1.165, 1.54) is 11.3 Å². The number of rotatable bonds is 6. The molecular formula is C15H20F3IN4OS2. The molecule has 26 heavy (non-hydrogen) atoms. The van der Waals surface area contributed by atoms with Crippen molar-refractivity contribution in [2.45, 2.75) is 32.2 Å². The molecule has 0 aromatic carbocycles. The summed E-state index contributed by atoms with van der Waals surface area (Å²) in [7, 11) is 0. The van der Waals surface area contributed by atoms with Crippen LogP contribution in [0.3, 0.4) is 0 Å². The fraction of sp³-hybridized carbons (Fsp3) is 0.467. The highest BCUT2D eigenvalue weighted by Crippen LogP contribution is 2.30. The van der Waals surface area contributed by atoms with Crippen LogP contribution >= 0.6 is 46.7 Å². The van der Waals surface area contributed by atoms with Crippen LogP contribution in [0.5, 0.6) is 0 Å². The van der Waals surface area contributed by atoms with Crippen LogP contribution in [0.4, 0.5) is 13.2 Å². The quantitative estimate of drug-likeness (QED) is 0.308. The Balaban J connectivity index is 0.00000338. The summed E-state index contributed by atoms with van der Waals surface area (Å²) in [4.78, 5) is 7.78. The van der Waals surface area contributed by atoms with Crippen LogP contribution in [0.15, 0.2) is 27.2 Å². The molecule has 0 spiro atoms. The lowest BCUT2D eigenvalue weighted by molar-refractivity contribution is -0.140. The van der Waals surface area contributed by atoms with Crippen molar-refractivity contribution in [3.05, 3.63) is 38.5 Å². The van der Waals surface area contributed by atoms with Gasteiger partial charge in [-0.3, -0.25) is 0 Å². The van der Waals surface area contributed by atoms with Crippen molar-refractivity contribution in [1.82, 2.24) is 15.6 Å².